The predicted molar refractivity (Wildman–Crippen MR) is 147 cm³/mol. The molecule has 1 unspecified atom stereocenters. The molecule has 0 bridgehead atoms. The maximum absolute atomic E-state index is 13.6. The minimum atomic E-state index is -0.682. The summed E-state index contributed by atoms with van der Waals surface area (Å²) >= 11 is 7.87. The molecular formula is C28H21ClN6O3S. The Morgan fingerprint density at radius 3 is 2.82 bits per heavy atom. The highest BCUT2D eigenvalue weighted by Gasteiger charge is 2.36. The number of rotatable bonds is 6. The van der Waals surface area contributed by atoms with Crippen LogP contribution in [0.3, 0.4) is 0 Å². The second kappa shape index (κ2) is 10.4. The van der Waals surface area contributed by atoms with E-state index in [-0.39, 0.29) is 35.2 Å². The number of nitrogens with one attached hydrogen (secondary N) is 1. The van der Waals surface area contributed by atoms with Gasteiger partial charge in [-0.2, -0.15) is 0 Å². The third-order valence-electron chi connectivity index (χ3n) is 6.59. The number of Topliss-reactive ketones (excluding diaryl/α,β-unsaturated/α-hetero) is 1. The molecule has 5 heterocycles. The van der Waals surface area contributed by atoms with Gasteiger partial charge in [-0.1, -0.05) is 23.7 Å². The smallest absolute Gasteiger partial charge is 0.265 e. The highest BCUT2D eigenvalue weighted by atomic mass is 35.5. The lowest BCUT2D eigenvalue weighted by Gasteiger charge is -2.29. The first kappa shape index (κ1) is 24.9. The Hall–Kier alpha value is -4.41. The van der Waals surface area contributed by atoms with E-state index >= 15 is 0 Å². The molecule has 0 aliphatic carbocycles. The number of carbonyl (C=O) groups excluding carboxylic acids is 3. The van der Waals surface area contributed by atoms with E-state index in [1.54, 1.807) is 58.5 Å². The summed E-state index contributed by atoms with van der Waals surface area (Å²) < 4.78 is 1.74. The van der Waals surface area contributed by atoms with Crippen LogP contribution in [0.25, 0.3) is 5.65 Å². The molecule has 11 heteroatoms. The number of halogens is 1. The van der Waals surface area contributed by atoms with Crippen molar-refractivity contribution >= 4 is 52.0 Å². The van der Waals surface area contributed by atoms with Crippen molar-refractivity contribution in [1.29, 1.82) is 0 Å². The van der Waals surface area contributed by atoms with Gasteiger partial charge in [-0.3, -0.25) is 19.4 Å². The fourth-order valence-electron chi connectivity index (χ4n) is 4.65. The number of nitrogens with zero attached hydrogens (tertiary/aromatic N) is 5. The lowest BCUT2D eigenvalue weighted by atomic mass is 10.0. The number of imidazole rings is 1. The van der Waals surface area contributed by atoms with E-state index in [9.17, 15) is 14.4 Å². The number of hydrogen-bond acceptors (Lipinski definition) is 7. The van der Waals surface area contributed by atoms with Crippen LogP contribution in [0.15, 0.2) is 78.8 Å². The standard InChI is InChI=1S/C28H21ClN6O3S/c29-21-11-17(4-5-20(21)27(37)33-24-16-34-9-8-31-25(34)14-32-24)15-35-22(13-19-3-1-2-7-30-19)23(36)12-18-6-10-39-26(18)28(35)38/h1-11,14,16,22H,12-13,15H2,(H,33,37). The zero-order chi connectivity index (χ0) is 26.9. The lowest BCUT2D eigenvalue weighted by molar-refractivity contribution is -0.122. The SMILES string of the molecule is O=C(Nc1cn2ccnc2cn1)c1ccc(CN2C(=O)c3sccc3CC(=O)C2Cc2ccccn2)cc1Cl. The van der Waals surface area contributed by atoms with E-state index in [1.807, 2.05) is 29.6 Å². The molecule has 1 N–H and O–H groups in total. The fraction of sp³-hybridized carbons (Fsp3) is 0.143. The minimum Gasteiger partial charge on any atom is -0.323 e. The molecular weight excluding hydrogens is 536 g/mol. The number of pyridine rings is 1. The number of aromatic nitrogens is 4. The van der Waals surface area contributed by atoms with E-state index in [2.05, 4.69) is 20.3 Å². The average Bonchev–Trinajstić information content (AvgIpc) is 3.58. The van der Waals surface area contributed by atoms with E-state index < -0.39 is 11.9 Å². The van der Waals surface area contributed by atoms with Gasteiger partial charge in [0.05, 0.1) is 33.9 Å². The van der Waals surface area contributed by atoms with E-state index in [4.69, 9.17) is 11.6 Å². The van der Waals surface area contributed by atoms with Crippen LogP contribution in [0.2, 0.25) is 5.02 Å². The van der Waals surface area contributed by atoms with Crippen molar-refractivity contribution in [3.05, 3.63) is 111 Å². The Bertz CT molecular complexity index is 1720. The summed E-state index contributed by atoms with van der Waals surface area (Å²) in [5, 5.41) is 4.80. The molecule has 1 atom stereocenters. The lowest BCUT2D eigenvalue weighted by Crippen LogP contribution is -2.44. The van der Waals surface area contributed by atoms with Crippen LogP contribution >= 0.6 is 22.9 Å². The van der Waals surface area contributed by atoms with Crippen LogP contribution in [-0.4, -0.2) is 47.9 Å². The van der Waals surface area contributed by atoms with Gasteiger partial charge in [0.25, 0.3) is 11.8 Å². The molecule has 194 valence electrons. The molecule has 39 heavy (non-hydrogen) atoms. The Morgan fingerprint density at radius 2 is 2.00 bits per heavy atom. The van der Waals surface area contributed by atoms with Crippen LogP contribution in [0.5, 0.6) is 0 Å². The summed E-state index contributed by atoms with van der Waals surface area (Å²) in [6.45, 7) is 0.153. The number of fused-ring (bicyclic) bond motifs is 2. The summed E-state index contributed by atoms with van der Waals surface area (Å²) in [4.78, 5) is 54.8. The highest BCUT2D eigenvalue weighted by molar-refractivity contribution is 7.12. The maximum Gasteiger partial charge on any atom is 0.265 e. The molecule has 0 radical (unpaired) electrons. The molecule has 0 spiro atoms. The van der Waals surface area contributed by atoms with Crippen LogP contribution in [-0.2, 0) is 24.2 Å². The highest BCUT2D eigenvalue weighted by Crippen LogP contribution is 2.29. The van der Waals surface area contributed by atoms with Gasteiger partial charge in [0.15, 0.2) is 11.4 Å². The van der Waals surface area contributed by atoms with E-state index in [0.717, 1.165) is 11.3 Å². The van der Waals surface area contributed by atoms with Crippen molar-refractivity contribution in [3.8, 4) is 0 Å². The first-order valence-electron chi connectivity index (χ1n) is 12.1. The third-order valence-corrected chi connectivity index (χ3v) is 7.85. The first-order chi connectivity index (χ1) is 19.0. The van der Waals surface area contributed by atoms with Gasteiger partial charge in [-0.15, -0.1) is 11.3 Å². The molecule has 6 rings (SSSR count). The molecule has 9 nitrogen and oxygen atoms in total. The number of benzene rings is 1. The monoisotopic (exact) mass is 556 g/mol. The largest absolute Gasteiger partial charge is 0.323 e. The number of hydrogen-bond donors (Lipinski definition) is 1. The summed E-state index contributed by atoms with van der Waals surface area (Å²) in [5.41, 5.74) is 3.09. The molecule has 5 aromatic rings. The Labute approximate surface area is 232 Å². The number of thiophene rings is 1. The van der Waals surface area contributed by atoms with Crippen LogP contribution in [0.4, 0.5) is 5.82 Å². The second-order valence-electron chi connectivity index (χ2n) is 9.13. The molecule has 0 saturated carbocycles. The maximum atomic E-state index is 13.6. The molecule has 0 fully saturated rings. The van der Waals surface area contributed by atoms with Crippen LogP contribution in [0.1, 0.15) is 36.9 Å². The van der Waals surface area contributed by atoms with Gasteiger partial charge in [-0.25, -0.2) is 9.97 Å². The average molecular weight is 557 g/mol. The predicted octanol–water partition coefficient (Wildman–Crippen LogP) is 4.47. The van der Waals surface area contributed by atoms with Gasteiger partial charge < -0.3 is 14.6 Å². The summed E-state index contributed by atoms with van der Waals surface area (Å²) in [6, 6.07) is 11.7. The number of amides is 2. The van der Waals surface area contributed by atoms with Gasteiger partial charge in [0.1, 0.15) is 5.82 Å². The van der Waals surface area contributed by atoms with Crippen molar-refractivity contribution in [2.45, 2.75) is 25.4 Å². The van der Waals surface area contributed by atoms with Gasteiger partial charge in [0, 0.05) is 43.7 Å². The quantitative estimate of drug-likeness (QED) is 0.330. The number of anilines is 1. The van der Waals surface area contributed by atoms with Crippen LogP contribution in [0, 0.1) is 0 Å². The molecule has 1 aliphatic rings. The zero-order valence-electron chi connectivity index (χ0n) is 20.5. The van der Waals surface area contributed by atoms with Crippen molar-refractivity contribution in [2.24, 2.45) is 0 Å². The van der Waals surface area contributed by atoms with E-state index in [1.165, 1.54) is 11.3 Å². The van der Waals surface area contributed by atoms with E-state index in [0.29, 0.717) is 28.3 Å². The second-order valence-corrected chi connectivity index (χ2v) is 10.4. The molecule has 0 saturated heterocycles. The minimum absolute atomic E-state index is 0.0457. The van der Waals surface area contributed by atoms with Gasteiger partial charge in [0.2, 0.25) is 0 Å². The number of carbonyl (C=O) groups is 3. The van der Waals surface area contributed by atoms with Crippen LogP contribution < -0.4 is 5.32 Å². The molecule has 1 aliphatic heterocycles. The molecule has 4 aromatic heterocycles. The molecule has 1 aromatic carbocycles. The summed E-state index contributed by atoms with van der Waals surface area (Å²) in [7, 11) is 0. The van der Waals surface area contributed by atoms with Gasteiger partial charge in [-0.05, 0) is 46.8 Å². The first-order valence-corrected chi connectivity index (χ1v) is 13.4. The Morgan fingerprint density at radius 1 is 1.10 bits per heavy atom. The Kier molecular flexibility index (Phi) is 6.64. The van der Waals surface area contributed by atoms with Crippen molar-refractivity contribution < 1.29 is 14.4 Å². The number of ketones is 1. The zero-order valence-corrected chi connectivity index (χ0v) is 22.0. The van der Waals surface area contributed by atoms with Gasteiger partial charge >= 0.3 is 0 Å². The van der Waals surface area contributed by atoms with Crippen molar-refractivity contribution in [3.63, 3.8) is 0 Å². The summed E-state index contributed by atoms with van der Waals surface area (Å²) in [6.07, 6.45) is 8.78. The van der Waals surface area contributed by atoms with Crippen molar-refractivity contribution in [1.82, 2.24) is 24.3 Å². The Balaban J connectivity index is 1.26. The fourth-order valence-corrected chi connectivity index (χ4v) is 5.82. The topological polar surface area (TPSA) is 110 Å². The molecule has 2 amide bonds. The normalized spacial score (nSPS) is 15.3. The third kappa shape index (κ3) is 5.04. The van der Waals surface area contributed by atoms with Crippen molar-refractivity contribution in [2.75, 3.05) is 5.32 Å². The summed E-state index contributed by atoms with van der Waals surface area (Å²) in [5.74, 6) is -0.319.